The molecule has 0 bridgehead atoms. The molecule has 5 heterocycles. The average Bonchev–Trinajstić information content (AvgIpc) is 3.04. The van der Waals surface area contributed by atoms with Crippen molar-refractivity contribution in [1.82, 2.24) is 25.1 Å². The van der Waals surface area contributed by atoms with Crippen LogP contribution in [0.2, 0.25) is 0 Å². The van der Waals surface area contributed by atoms with E-state index in [0.29, 0.717) is 32.2 Å². The van der Waals surface area contributed by atoms with Crippen molar-refractivity contribution in [2.75, 3.05) is 57.4 Å². The van der Waals surface area contributed by atoms with Gasteiger partial charge in [0.15, 0.2) is 0 Å². The number of aryl methyl sites for hydroxylation is 1. The van der Waals surface area contributed by atoms with Crippen LogP contribution in [0.3, 0.4) is 0 Å². The highest BCUT2D eigenvalue weighted by molar-refractivity contribution is 5.86. The monoisotopic (exact) mass is 412 g/mol. The molecular weight excluding hydrogens is 380 g/mol. The molecule has 1 unspecified atom stereocenters. The van der Waals surface area contributed by atoms with Crippen LogP contribution < -0.4 is 15.5 Å². The number of ether oxygens (including phenoxy) is 1. The van der Waals surface area contributed by atoms with Crippen LogP contribution in [0.4, 0.5) is 5.69 Å². The van der Waals surface area contributed by atoms with Gasteiger partial charge in [-0.3, -0.25) is 4.79 Å². The Morgan fingerprint density at radius 1 is 1.23 bits per heavy atom. The minimum absolute atomic E-state index is 0.182. The minimum atomic E-state index is 0.182. The van der Waals surface area contributed by atoms with E-state index in [1.807, 2.05) is 11.1 Å². The van der Waals surface area contributed by atoms with Gasteiger partial charge >= 0.3 is 0 Å². The third-order valence-electron chi connectivity index (χ3n) is 6.74. The second kappa shape index (κ2) is 8.53. The molecule has 2 N–H and O–H groups in total. The van der Waals surface area contributed by atoms with Crippen LogP contribution in [0, 0.1) is 6.92 Å². The van der Waals surface area contributed by atoms with Crippen molar-refractivity contribution in [3.63, 3.8) is 0 Å². The van der Waals surface area contributed by atoms with Gasteiger partial charge in [-0.2, -0.15) is 0 Å². The molecule has 0 spiro atoms. The van der Waals surface area contributed by atoms with Gasteiger partial charge in [-0.05, 0) is 31.5 Å². The van der Waals surface area contributed by atoms with Crippen LogP contribution in [0.15, 0.2) is 12.3 Å². The maximum atomic E-state index is 12.7. The van der Waals surface area contributed by atoms with Crippen molar-refractivity contribution in [3.8, 4) is 0 Å². The summed E-state index contributed by atoms with van der Waals surface area (Å²) in [5.74, 6) is 0.182. The van der Waals surface area contributed by atoms with E-state index in [2.05, 4.69) is 33.1 Å². The molecular formula is C22H32N6O2. The fourth-order valence-electron chi connectivity index (χ4n) is 4.69. The van der Waals surface area contributed by atoms with E-state index in [-0.39, 0.29) is 5.91 Å². The molecule has 1 atom stereocenters. The fourth-order valence-corrected chi connectivity index (χ4v) is 4.69. The smallest absolute Gasteiger partial charge is 0.225 e. The van der Waals surface area contributed by atoms with Crippen LogP contribution in [-0.2, 0) is 22.6 Å². The Hall–Kier alpha value is -2.16. The van der Waals surface area contributed by atoms with Gasteiger partial charge in [-0.1, -0.05) is 0 Å². The standard InChI is InChI=1S/C22H32N6O2/c1-16-19-12-18(26-7-5-23-6-8-26)13-25-22(19)28-10-9-27(14-20(16)28)21(29)3-11-30-15-17-2-4-24-17/h12-13,17,23-24H,2-11,14-15H2,1H3. The Labute approximate surface area is 177 Å². The zero-order chi connectivity index (χ0) is 20.5. The Balaban J connectivity index is 1.26. The second-order valence-electron chi connectivity index (χ2n) is 8.60. The van der Waals surface area contributed by atoms with Crippen LogP contribution in [-0.4, -0.2) is 78.9 Å². The first-order valence-electron chi connectivity index (χ1n) is 11.2. The summed E-state index contributed by atoms with van der Waals surface area (Å²) < 4.78 is 7.98. The number of aromatic nitrogens is 2. The number of nitrogens with zero attached hydrogens (tertiary/aromatic N) is 4. The summed E-state index contributed by atoms with van der Waals surface area (Å²) in [7, 11) is 0. The molecule has 2 saturated heterocycles. The Kier molecular flexibility index (Phi) is 5.62. The zero-order valence-electron chi connectivity index (χ0n) is 17.8. The topological polar surface area (TPSA) is 74.7 Å². The van der Waals surface area contributed by atoms with Gasteiger partial charge in [0.05, 0.1) is 38.1 Å². The molecule has 162 valence electrons. The van der Waals surface area contributed by atoms with E-state index in [0.717, 1.165) is 51.5 Å². The molecule has 30 heavy (non-hydrogen) atoms. The largest absolute Gasteiger partial charge is 0.379 e. The number of nitrogens with one attached hydrogen (secondary N) is 2. The molecule has 0 saturated carbocycles. The van der Waals surface area contributed by atoms with Crippen LogP contribution >= 0.6 is 0 Å². The third kappa shape index (κ3) is 3.79. The predicted molar refractivity (Wildman–Crippen MR) is 117 cm³/mol. The molecule has 5 rings (SSSR count). The predicted octanol–water partition coefficient (Wildman–Crippen LogP) is 0.865. The zero-order valence-corrected chi connectivity index (χ0v) is 17.8. The van der Waals surface area contributed by atoms with Gasteiger partial charge < -0.3 is 29.7 Å². The summed E-state index contributed by atoms with van der Waals surface area (Å²) in [6, 6.07) is 2.76. The maximum Gasteiger partial charge on any atom is 0.225 e. The number of carbonyl (C=O) groups is 1. The van der Waals surface area contributed by atoms with E-state index in [1.165, 1.54) is 28.8 Å². The molecule has 0 aromatic carbocycles. The number of hydrogen-bond acceptors (Lipinski definition) is 6. The van der Waals surface area contributed by atoms with Crippen LogP contribution in [0.1, 0.15) is 24.1 Å². The number of hydrogen-bond donors (Lipinski definition) is 2. The lowest BCUT2D eigenvalue weighted by molar-refractivity contribution is -0.133. The summed E-state index contributed by atoms with van der Waals surface area (Å²) in [6.07, 6.45) is 3.64. The molecule has 8 heteroatoms. The third-order valence-corrected chi connectivity index (χ3v) is 6.74. The number of piperazine rings is 1. The van der Waals surface area contributed by atoms with Crippen molar-refractivity contribution < 1.29 is 9.53 Å². The summed E-state index contributed by atoms with van der Waals surface area (Å²) in [6.45, 7) is 10.7. The van der Waals surface area contributed by atoms with Gasteiger partial charge in [0.25, 0.3) is 0 Å². The van der Waals surface area contributed by atoms with Crippen molar-refractivity contribution >= 4 is 22.6 Å². The molecule has 0 radical (unpaired) electrons. The molecule has 8 nitrogen and oxygen atoms in total. The number of pyridine rings is 1. The van der Waals surface area contributed by atoms with E-state index < -0.39 is 0 Å². The molecule has 1 amide bonds. The number of fused-ring (bicyclic) bond motifs is 3. The van der Waals surface area contributed by atoms with E-state index in [4.69, 9.17) is 9.72 Å². The van der Waals surface area contributed by atoms with Crippen LogP contribution in [0.25, 0.3) is 11.0 Å². The fraction of sp³-hybridized carbons (Fsp3) is 0.636. The molecule has 3 aliphatic heterocycles. The lowest BCUT2D eigenvalue weighted by Gasteiger charge is -2.30. The highest BCUT2D eigenvalue weighted by Crippen LogP contribution is 2.30. The Morgan fingerprint density at radius 2 is 2.07 bits per heavy atom. The highest BCUT2D eigenvalue weighted by atomic mass is 16.5. The number of amides is 1. The number of carbonyl (C=O) groups excluding carboxylic acids is 1. The van der Waals surface area contributed by atoms with Crippen molar-refractivity contribution in [2.24, 2.45) is 0 Å². The maximum absolute atomic E-state index is 12.7. The molecule has 3 aliphatic rings. The molecule has 2 aromatic heterocycles. The SMILES string of the molecule is Cc1c2n(c3ncc(N4CCNCC4)cc13)CCN(C(=O)CCOCC1CCN1)C2. The van der Waals surface area contributed by atoms with Crippen molar-refractivity contribution in [3.05, 3.63) is 23.5 Å². The Morgan fingerprint density at radius 3 is 2.83 bits per heavy atom. The summed E-state index contributed by atoms with van der Waals surface area (Å²) in [5.41, 5.74) is 4.71. The quantitative estimate of drug-likeness (QED) is 0.686. The van der Waals surface area contributed by atoms with Gasteiger partial charge in [-0.25, -0.2) is 4.98 Å². The van der Waals surface area contributed by atoms with E-state index >= 15 is 0 Å². The summed E-state index contributed by atoms with van der Waals surface area (Å²) in [4.78, 5) is 21.9. The lowest BCUT2D eigenvalue weighted by atomic mass is 10.1. The minimum Gasteiger partial charge on any atom is -0.379 e. The Bertz CT molecular complexity index is 916. The van der Waals surface area contributed by atoms with Crippen LogP contribution in [0.5, 0.6) is 0 Å². The summed E-state index contributed by atoms with van der Waals surface area (Å²) >= 11 is 0. The van der Waals surface area contributed by atoms with E-state index in [9.17, 15) is 4.79 Å². The molecule has 2 fully saturated rings. The summed E-state index contributed by atoms with van der Waals surface area (Å²) in [5, 5.41) is 7.93. The van der Waals surface area contributed by atoms with Crippen molar-refractivity contribution in [2.45, 2.75) is 38.9 Å². The van der Waals surface area contributed by atoms with Gasteiger partial charge in [0, 0.05) is 56.4 Å². The first-order valence-corrected chi connectivity index (χ1v) is 11.2. The molecule has 2 aromatic rings. The van der Waals surface area contributed by atoms with E-state index in [1.54, 1.807) is 0 Å². The molecule has 0 aliphatic carbocycles. The highest BCUT2D eigenvalue weighted by Gasteiger charge is 2.26. The number of anilines is 1. The van der Waals surface area contributed by atoms with Gasteiger partial charge in [0.2, 0.25) is 5.91 Å². The first kappa shape index (κ1) is 19.8. The van der Waals surface area contributed by atoms with Gasteiger partial charge in [0.1, 0.15) is 5.65 Å². The average molecular weight is 413 g/mol. The van der Waals surface area contributed by atoms with Crippen molar-refractivity contribution in [1.29, 1.82) is 0 Å². The second-order valence-corrected chi connectivity index (χ2v) is 8.60. The first-order chi connectivity index (χ1) is 14.7. The lowest BCUT2D eigenvalue weighted by Crippen LogP contribution is -2.46. The van der Waals surface area contributed by atoms with Gasteiger partial charge in [-0.15, -0.1) is 0 Å². The normalized spacial score (nSPS) is 21.6. The number of rotatable bonds is 6.